The van der Waals surface area contributed by atoms with Crippen LogP contribution in [0.5, 0.6) is 0 Å². The van der Waals surface area contributed by atoms with Crippen LogP contribution in [0, 0.1) is 6.92 Å². The number of allylic oxidation sites excluding steroid dienone is 1. The first-order valence-electron chi connectivity index (χ1n) is 9.66. The molecule has 1 aliphatic heterocycles. The van der Waals surface area contributed by atoms with Crippen LogP contribution in [0.3, 0.4) is 0 Å². The van der Waals surface area contributed by atoms with E-state index in [0.29, 0.717) is 49.1 Å². The molecule has 1 aromatic heterocycles. The number of carbonyl (C=O) groups excluding carboxylic acids is 1. The van der Waals surface area contributed by atoms with Crippen molar-refractivity contribution in [3.05, 3.63) is 52.1 Å². The summed E-state index contributed by atoms with van der Waals surface area (Å²) in [5.74, 6) is 0.818. The Kier molecular flexibility index (Phi) is 5.53. The number of aryl methyl sites for hydroxylation is 2. The molecule has 2 heterocycles. The molecule has 2 aliphatic rings. The van der Waals surface area contributed by atoms with Gasteiger partial charge in [0.05, 0.1) is 11.4 Å². The number of nitrogens with zero attached hydrogens (tertiary/aromatic N) is 3. The molecule has 0 atom stereocenters. The zero-order chi connectivity index (χ0) is 20.4. The largest absolute Gasteiger partial charge is 0.360 e. The summed E-state index contributed by atoms with van der Waals surface area (Å²) in [5.41, 5.74) is 2.17. The summed E-state index contributed by atoms with van der Waals surface area (Å²) in [4.78, 5) is 14.6. The molecule has 1 aliphatic carbocycles. The van der Waals surface area contributed by atoms with Crippen molar-refractivity contribution in [2.45, 2.75) is 19.8 Å². The third-order valence-electron chi connectivity index (χ3n) is 5.28. The molecule has 9 heteroatoms. The first-order valence-corrected chi connectivity index (χ1v) is 11.1. The number of amides is 1. The Bertz CT molecular complexity index is 1040. The third-order valence-corrected chi connectivity index (χ3v) is 7.31. The van der Waals surface area contributed by atoms with Crippen molar-refractivity contribution in [3.8, 4) is 0 Å². The summed E-state index contributed by atoms with van der Waals surface area (Å²) >= 11 is 0. The van der Waals surface area contributed by atoms with Gasteiger partial charge in [-0.3, -0.25) is 9.69 Å². The molecule has 1 fully saturated rings. The van der Waals surface area contributed by atoms with E-state index in [1.807, 2.05) is 29.2 Å². The van der Waals surface area contributed by atoms with E-state index in [4.69, 9.17) is 4.52 Å². The maximum atomic E-state index is 13.1. The Labute approximate surface area is 170 Å². The number of nitrogens with one attached hydrogen (secondary N) is 1. The first kappa shape index (κ1) is 19.8. The Hall–Kier alpha value is -2.49. The standard InChI is InChI=1S/C20H24N4O4S/c1-15-12-19(22-28-15)21-20(25)14-23-8-10-24(11-9-23)29(26,27)18-7-6-16-4-2-3-5-17(16)13-18/h2-5,12-13H,6-11,14H2,1H3,(H,21,22,25). The summed E-state index contributed by atoms with van der Waals surface area (Å²) in [6.07, 6.45) is 3.07. The van der Waals surface area contributed by atoms with Gasteiger partial charge in [0, 0.05) is 32.2 Å². The van der Waals surface area contributed by atoms with Crippen LogP contribution in [0.2, 0.25) is 0 Å². The number of benzene rings is 1. The molecule has 0 unspecified atom stereocenters. The lowest BCUT2D eigenvalue weighted by atomic mass is 9.98. The molecule has 1 amide bonds. The minimum atomic E-state index is -3.48. The van der Waals surface area contributed by atoms with E-state index in [0.717, 1.165) is 12.0 Å². The number of rotatable bonds is 5. The van der Waals surface area contributed by atoms with Crippen LogP contribution in [0.25, 0.3) is 6.08 Å². The molecule has 0 saturated carbocycles. The van der Waals surface area contributed by atoms with Gasteiger partial charge >= 0.3 is 0 Å². The number of sulfonamides is 1. The van der Waals surface area contributed by atoms with Gasteiger partial charge in [-0.2, -0.15) is 4.31 Å². The molecule has 1 saturated heterocycles. The smallest absolute Gasteiger partial charge is 0.239 e. The summed E-state index contributed by atoms with van der Waals surface area (Å²) in [5, 5.41) is 6.43. The van der Waals surface area contributed by atoms with Gasteiger partial charge in [0.1, 0.15) is 5.76 Å². The number of anilines is 1. The highest BCUT2D eigenvalue weighted by Gasteiger charge is 2.31. The predicted molar refractivity (Wildman–Crippen MR) is 110 cm³/mol. The van der Waals surface area contributed by atoms with Crippen LogP contribution in [0.1, 0.15) is 23.3 Å². The van der Waals surface area contributed by atoms with Crippen molar-refractivity contribution < 1.29 is 17.7 Å². The van der Waals surface area contributed by atoms with Crippen LogP contribution in [-0.4, -0.2) is 61.4 Å². The monoisotopic (exact) mass is 416 g/mol. The van der Waals surface area contributed by atoms with Gasteiger partial charge in [-0.15, -0.1) is 0 Å². The SMILES string of the molecule is Cc1cc(NC(=O)CN2CCN(S(=O)(=O)C3=Cc4ccccc4CC3)CC2)no1. The van der Waals surface area contributed by atoms with Gasteiger partial charge in [-0.25, -0.2) is 8.42 Å². The van der Waals surface area contributed by atoms with E-state index in [9.17, 15) is 13.2 Å². The van der Waals surface area contributed by atoms with Gasteiger partial charge in [0.25, 0.3) is 0 Å². The van der Waals surface area contributed by atoms with E-state index in [1.54, 1.807) is 19.1 Å². The maximum Gasteiger partial charge on any atom is 0.239 e. The van der Waals surface area contributed by atoms with E-state index >= 15 is 0 Å². The average Bonchev–Trinajstić information content (AvgIpc) is 3.12. The Morgan fingerprint density at radius 1 is 1.17 bits per heavy atom. The Balaban J connectivity index is 1.34. The fourth-order valence-electron chi connectivity index (χ4n) is 3.71. The van der Waals surface area contributed by atoms with Crippen LogP contribution in [0.4, 0.5) is 5.82 Å². The highest BCUT2D eigenvalue weighted by atomic mass is 32.2. The topological polar surface area (TPSA) is 95.8 Å². The van der Waals surface area contributed by atoms with Crippen molar-refractivity contribution >= 4 is 27.8 Å². The number of piperazine rings is 1. The minimum Gasteiger partial charge on any atom is -0.360 e. The average molecular weight is 417 g/mol. The van der Waals surface area contributed by atoms with Gasteiger partial charge in [0.15, 0.2) is 5.82 Å². The van der Waals surface area contributed by atoms with Gasteiger partial charge in [-0.05, 0) is 37.0 Å². The predicted octanol–water partition coefficient (Wildman–Crippen LogP) is 1.86. The molecule has 2 aromatic rings. The summed E-state index contributed by atoms with van der Waals surface area (Å²) in [6, 6.07) is 9.55. The molecule has 0 bridgehead atoms. The normalized spacial score (nSPS) is 18.2. The van der Waals surface area contributed by atoms with Gasteiger partial charge in [0.2, 0.25) is 15.9 Å². The van der Waals surface area contributed by atoms with Crippen LogP contribution in [0.15, 0.2) is 39.8 Å². The lowest BCUT2D eigenvalue weighted by molar-refractivity contribution is -0.117. The zero-order valence-electron chi connectivity index (χ0n) is 16.3. The molecular formula is C20H24N4O4S. The molecule has 0 radical (unpaired) electrons. The molecule has 29 heavy (non-hydrogen) atoms. The number of fused-ring (bicyclic) bond motifs is 1. The Morgan fingerprint density at radius 3 is 2.66 bits per heavy atom. The van der Waals surface area contributed by atoms with Crippen molar-refractivity contribution in [3.63, 3.8) is 0 Å². The highest BCUT2D eigenvalue weighted by molar-refractivity contribution is 7.93. The molecule has 8 nitrogen and oxygen atoms in total. The van der Waals surface area contributed by atoms with Crippen LogP contribution >= 0.6 is 0 Å². The summed E-state index contributed by atoms with van der Waals surface area (Å²) in [6.45, 7) is 3.70. The molecular weight excluding hydrogens is 392 g/mol. The second-order valence-electron chi connectivity index (χ2n) is 7.36. The number of hydrogen-bond donors (Lipinski definition) is 1. The molecule has 1 N–H and O–H groups in total. The van der Waals surface area contributed by atoms with Crippen molar-refractivity contribution in [2.24, 2.45) is 0 Å². The summed E-state index contributed by atoms with van der Waals surface area (Å²) < 4.78 is 32.6. The van der Waals surface area contributed by atoms with Crippen LogP contribution < -0.4 is 5.32 Å². The van der Waals surface area contributed by atoms with Crippen LogP contribution in [-0.2, 0) is 21.2 Å². The number of hydrogen-bond acceptors (Lipinski definition) is 6. The first-order chi connectivity index (χ1) is 13.9. The van der Waals surface area contributed by atoms with E-state index < -0.39 is 10.0 Å². The molecule has 154 valence electrons. The van der Waals surface area contributed by atoms with E-state index in [-0.39, 0.29) is 12.5 Å². The fourth-order valence-corrected chi connectivity index (χ4v) is 5.33. The second-order valence-corrected chi connectivity index (χ2v) is 9.35. The Morgan fingerprint density at radius 2 is 1.93 bits per heavy atom. The van der Waals surface area contributed by atoms with E-state index in [2.05, 4.69) is 10.5 Å². The third kappa shape index (κ3) is 4.42. The number of carbonyl (C=O) groups is 1. The quantitative estimate of drug-likeness (QED) is 0.799. The highest BCUT2D eigenvalue weighted by Crippen LogP contribution is 2.29. The molecule has 0 spiro atoms. The number of aromatic nitrogens is 1. The van der Waals surface area contributed by atoms with Crippen molar-refractivity contribution in [1.82, 2.24) is 14.4 Å². The minimum absolute atomic E-state index is 0.190. The van der Waals surface area contributed by atoms with Crippen molar-refractivity contribution in [1.29, 1.82) is 0 Å². The molecule has 4 rings (SSSR count). The lowest BCUT2D eigenvalue weighted by Gasteiger charge is -2.34. The van der Waals surface area contributed by atoms with Gasteiger partial charge < -0.3 is 9.84 Å². The maximum absolute atomic E-state index is 13.1. The zero-order valence-corrected chi connectivity index (χ0v) is 17.1. The second kappa shape index (κ2) is 8.10. The van der Waals surface area contributed by atoms with Crippen molar-refractivity contribution in [2.75, 3.05) is 38.0 Å². The van der Waals surface area contributed by atoms with E-state index in [1.165, 1.54) is 9.87 Å². The van der Waals surface area contributed by atoms with Gasteiger partial charge in [-0.1, -0.05) is 29.4 Å². The lowest BCUT2D eigenvalue weighted by Crippen LogP contribution is -2.50. The fraction of sp³-hybridized carbons (Fsp3) is 0.400. The summed E-state index contributed by atoms with van der Waals surface area (Å²) in [7, 11) is -3.48. The molecule has 1 aromatic carbocycles.